The molecule has 4 heteroatoms. The Balaban J connectivity index is 2.16. The van der Waals surface area contributed by atoms with Gasteiger partial charge in [-0.2, -0.15) is 0 Å². The molecule has 3 nitrogen and oxygen atoms in total. The van der Waals surface area contributed by atoms with Gasteiger partial charge in [0.2, 0.25) is 0 Å². The number of hydrogen-bond acceptors (Lipinski definition) is 1. The Morgan fingerprint density at radius 2 is 2.00 bits per heavy atom. The van der Waals surface area contributed by atoms with Gasteiger partial charge in [-0.15, -0.1) is 0 Å². The first kappa shape index (κ1) is 17.2. The van der Waals surface area contributed by atoms with Crippen LogP contribution in [0.15, 0.2) is 39.7 Å². The van der Waals surface area contributed by atoms with E-state index >= 15 is 0 Å². The quantitative estimate of drug-likeness (QED) is 0.742. The molecule has 1 aromatic heterocycles. The van der Waals surface area contributed by atoms with Crippen LogP contribution < -0.4 is 10.0 Å². The van der Waals surface area contributed by atoms with Gasteiger partial charge in [0.05, 0.1) is 11.6 Å². The molecule has 3 rings (SSSR count). The van der Waals surface area contributed by atoms with Crippen molar-refractivity contribution in [3.8, 4) is 0 Å². The van der Waals surface area contributed by atoms with E-state index in [0.29, 0.717) is 17.1 Å². The molecule has 2 aromatic rings. The topological polar surface area (TPSA) is 32.9 Å². The maximum absolute atomic E-state index is 12.7. The fraction of sp³-hybridized carbons (Fsp3) is 0.350. The van der Waals surface area contributed by atoms with E-state index in [4.69, 9.17) is 0 Å². The molecule has 0 saturated heterocycles. The number of fused-ring (bicyclic) bond motifs is 1. The number of aromatic amines is 1. The summed E-state index contributed by atoms with van der Waals surface area (Å²) in [5.41, 5.74) is 5.49. The third kappa shape index (κ3) is 2.78. The third-order valence-electron chi connectivity index (χ3n) is 5.05. The summed E-state index contributed by atoms with van der Waals surface area (Å²) in [5.74, 6) is 0. The fourth-order valence-electron chi connectivity index (χ4n) is 3.62. The fourth-order valence-corrected chi connectivity index (χ4v) is 3.97. The molecule has 126 valence electrons. The second-order valence-corrected chi connectivity index (χ2v) is 7.76. The number of aromatic nitrogens is 1. The summed E-state index contributed by atoms with van der Waals surface area (Å²) in [6, 6.07) is 8.83. The summed E-state index contributed by atoms with van der Waals surface area (Å²) in [5, 5.41) is 0. The van der Waals surface area contributed by atoms with Crippen molar-refractivity contribution in [3.05, 3.63) is 67.7 Å². The molecule has 2 heterocycles. The van der Waals surface area contributed by atoms with Gasteiger partial charge in [0.15, 0.2) is 0 Å². The molecule has 1 N–H and O–H groups in total. The monoisotopic (exact) mass is 387 g/mol. The number of H-pyrrole nitrogens is 1. The number of rotatable bonds is 4. The van der Waals surface area contributed by atoms with E-state index in [2.05, 4.69) is 78.2 Å². The lowest BCUT2D eigenvalue weighted by Crippen LogP contribution is -2.49. The van der Waals surface area contributed by atoms with Crippen LogP contribution >= 0.6 is 15.9 Å². The minimum Gasteiger partial charge on any atom is -0.326 e. The molecule has 0 saturated carbocycles. The maximum Gasteiger partial charge on any atom is 0.257 e. The molecule has 0 amide bonds. The van der Waals surface area contributed by atoms with Crippen molar-refractivity contribution in [1.82, 2.24) is 9.47 Å². The van der Waals surface area contributed by atoms with Crippen LogP contribution in [0.5, 0.6) is 0 Å². The van der Waals surface area contributed by atoms with E-state index in [1.165, 1.54) is 11.3 Å². The first-order chi connectivity index (χ1) is 11.4. The summed E-state index contributed by atoms with van der Waals surface area (Å²) in [6.45, 7) is 9.17. The predicted octanol–water partition coefficient (Wildman–Crippen LogP) is 4.91. The van der Waals surface area contributed by atoms with Crippen LogP contribution in [0, 0.1) is 6.92 Å². The number of hydrogen-bond donors (Lipinski definition) is 1. The third-order valence-corrected chi connectivity index (χ3v) is 5.54. The smallest absolute Gasteiger partial charge is 0.257 e. The van der Waals surface area contributed by atoms with Crippen LogP contribution in [-0.4, -0.2) is 11.0 Å². The van der Waals surface area contributed by atoms with Crippen LogP contribution in [0.25, 0.3) is 6.08 Å². The Hall–Kier alpha value is -1.65. The molecule has 0 radical (unpaired) electrons. The normalized spacial score (nSPS) is 19.1. The molecule has 0 bridgehead atoms. The molecular weight excluding hydrogens is 364 g/mol. The molecule has 24 heavy (non-hydrogen) atoms. The highest BCUT2D eigenvalue weighted by Gasteiger charge is 2.39. The van der Waals surface area contributed by atoms with Crippen molar-refractivity contribution in [2.75, 3.05) is 0 Å². The Labute approximate surface area is 151 Å². The van der Waals surface area contributed by atoms with Crippen LogP contribution in [-0.2, 0) is 13.0 Å². The largest absolute Gasteiger partial charge is 0.326 e. The number of quaternary nitrogens is 1. The number of pyridine rings is 1. The predicted molar refractivity (Wildman–Crippen MR) is 105 cm³/mol. The van der Waals surface area contributed by atoms with E-state index in [1.54, 1.807) is 0 Å². The number of benzene rings is 1. The van der Waals surface area contributed by atoms with Crippen molar-refractivity contribution in [2.24, 2.45) is 0 Å². The molecule has 1 unspecified atom stereocenters. The van der Waals surface area contributed by atoms with Gasteiger partial charge in [-0.1, -0.05) is 22.9 Å². The lowest BCUT2D eigenvalue weighted by Gasteiger charge is -2.37. The first-order valence-electron chi connectivity index (χ1n) is 8.46. The van der Waals surface area contributed by atoms with Crippen LogP contribution in [0.2, 0.25) is 0 Å². The minimum absolute atomic E-state index is 0.0434. The van der Waals surface area contributed by atoms with Gasteiger partial charge >= 0.3 is 0 Å². The molecule has 0 fully saturated rings. The summed E-state index contributed by atoms with van der Waals surface area (Å²) in [7, 11) is 0. The molecule has 1 aliphatic heterocycles. The molecule has 0 aliphatic carbocycles. The Kier molecular flexibility index (Phi) is 4.54. The molecule has 0 spiro atoms. The second-order valence-electron chi connectivity index (χ2n) is 6.84. The Morgan fingerprint density at radius 3 is 2.67 bits per heavy atom. The average Bonchev–Trinajstić information content (AvgIpc) is 2.89. The van der Waals surface area contributed by atoms with E-state index in [0.717, 1.165) is 27.7 Å². The van der Waals surface area contributed by atoms with Crippen molar-refractivity contribution >= 4 is 27.7 Å². The van der Waals surface area contributed by atoms with E-state index in [-0.39, 0.29) is 5.56 Å². The van der Waals surface area contributed by atoms with Crippen LogP contribution in [0.4, 0.5) is 5.69 Å². The van der Waals surface area contributed by atoms with Crippen molar-refractivity contribution in [3.63, 3.8) is 0 Å². The van der Waals surface area contributed by atoms with Crippen LogP contribution in [0.1, 0.15) is 43.2 Å². The summed E-state index contributed by atoms with van der Waals surface area (Å²) >= 11 is 3.60. The molecular formula is C20H24BrN2O+. The molecule has 1 aromatic carbocycles. The highest BCUT2D eigenvalue weighted by Crippen LogP contribution is 2.41. The van der Waals surface area contributed by atoms with Crippen molar-refractivity contribution in [2.45, 2.75) is 46.7 Å². The summed E-state index contributed by atoms with van der Waals surface area (Å²) < 4.78 is 1.75. The van der Waals surface area contributed by atoms with Gasteiger partial charge in [-0.25, -0.2) is 0 Å². The van der Waals surface area contributed by atoms with Gasteiger partial charge in [0.25, 0.3) is 5.56 Å². The number of aryl methyl sites for hydroxylation is 2. The number of nitrogens with zero attached hydrogens (tertiary/aromatic N) is 1. The average molecular weight is 388 g/mol. The second kappa shape index (κ2) is 6.34. The number of nitrogens with one attached hydrogen (secondary N) is 1. The summed E-state index contributed by atoms with van der Waals surface area (Å²) in [4.78, 5) is 15.6. The minimum atomic E-state index is 0.0434. The van der Waals surface area contributed by atoms with Gasteiger partial charge in [-0.05, 0) is 51.0 Å². The highest BCUT2D eigenvalue weighted by molar-refractivity contribution is 9.10. The van der Waals surface area contributed by atoms with E-state index in [1.807, 2.05) is 6.92 Å². The SMILES string of the molecule is CCc1cc(C)[nH]c(=O)c1C[N+]1(C(C)C)C=Cc2ccc(Br)cc21. The van der Waals surface area contributed by atoms with E-state index < -0.39 is 0 Å². The zero-order valence-electron chi connectivity index (χ0n) is 14.7. The standard InChI is InChI=1S/C20H23BrN2O/c1-5-15-10-14(4)22-20(24)18(15)12-23(13(2)3)9-8-16-6-7-17(21)11-19(16)23/h6-11,13H,5,12H2,1-4H3/p+1. The van der Waals surface area contributed by atoms with Gasteiger partial charge < -0.3 is 4.98 Å². The van der Waals surface area contributed by atoms with Crippen LogP contribution in [0.3, 0.4) is 0 Å². The van der Waals surface area contributed by atoms with Crippen molar-refractivity contribution < 1.29 is 0 Å². The van der Waals surface area contributed by atoms with Gasteiger partial charge in [0.1, 0.15) is 18.4 Å². The van der Waals surface area contributed by atoms with Gasteiger partial charge in [0, 0.05) is 27.9 Å². The van der Waals surface area contributed by atoms with E-state index in [9.17, 15) is 4.79 Å². The zero-order valence-corrected chi connectivity index (χ0v) is 16.3. The lowest BCUT2D eigenvalue weighted by molar-refractivity contribution is 0.303. The lowest BCUT2D eigenvalue weighted by atomic mass is 10.0. The molecule has 1 atom stereocenters. The van der Waals surface area contributed by atoms with Crippen molar-refractivity contribution in [1.29, 1.82) is 0 Å². The first-order valence-corrected chi connectivity index (χ1v) is 9.25. The Bertz CT molecular complexity index is 866. The molecule has 1 aliphatic rings. The van der Waals surface area contributed by atoms with Gasteiger partial charge in [-0.3, -0.25) is 9.28 Å². The summed E-state index contributed by atoms with van der Waals surface area (Å²) in [6.07, 6.45) is 5.28. The number of halogens is 1. The Morgan fingerprint density at radius 1 is 1.25 bits per heavy atom. The maximum atomic E-state index is 12.7. The zero-order chi connectivity index (χ0) is 17.5. The highest BCUT2D eigenvalue weighted by atomic mass is 79.9.